The van der Waals surface area contributed by atoms with Crippen molar-refractivity contribution >= 4 is 29.1 Å². The van der Waals surface area contributed by atoms with Gasteiger partial charge in [-0.3, -0.25) is 9.59 Å². The minimum Gasteiger partial charge on any atom is -0.385 e. The van der Waals surface area contributed by atoms with Crippen LogP contribution in [-0.4, -0.2) is 32.1 Å². The van der Waals surface area contributed by atoms with Crippen LogP contribution in [0.5, 0.6) is 0 Å². The topological polar surface area (TPSA) is 67.4 Å². The second-order valence-electron chi connectivity index (χ2n) is 5.82. The van der Waals surface area contributed by atoms with Crippen molar-refractivity contribution in [3.63, 3.8) is 0 Å². The molecule has 0 spiro atoms. The first kappa shape index (κ1) is 19.9. The van der Waals surface area contributed by atoms with Gasteiger partial charge in [-0.25, -0.2) is 0 Å². The van der Waals surface area contributed by atoms with Gasteiger partial charge in [-0.2, -0.15) is 0 Å². The highest BCUT2D eigenvalue weighted by Crippen LogP contribution is 2.17. The molecule has 2 aromatic rings. The standard InChI is InChI=1S/C20H23ClN2O3/c1-26-14-4-13-22-20(25)16-7-10-17(11-8-16)23-19(24)12-9-15-5-2-3-6-18(15)21/h2-3,5-8,10-11H,4,9,12-14H2,1H3,(H,22,25)(H,23,24). The molecule has 0 saturated carbocycles. The van der Waals surface area contributed by atoms with Gasteiger partial charge in [0.1, 0.15) is 0 Å². The van der Waals surface area contributed by atoms with Gasteiger partial charge in [-0.1, -0.05) is 29.8 Å². The molecule has 138 valence electrons. The van der Waals surface area contributed by atoms with E-state index in [1.807, 2.05) is 24.3 Å². The normalized spacial score (nSPS) is 10.4. The van der Waals surface area contributed by atoms with Crippen LogP contribution in [0.25, 0.3) is 0 Å². The van der Waals surface area contributed by atoms with Gasteiger partial charge in [-0.15, -0.1) is 0 Å². The Balaban J connectivity index is 1.80. The predicted octanol–water partition coefficient (Wildman–Crippen LogP) is 3.68. The Morgan fingerprint density at radius 3 is 2.50 bits per heavy atom. The van der Waals surface area contributed by atoms with Crippen molar-refractivity contribution in [1.29, 1.82) is 0 Å². The number of hydrogen-bond acceptors (Lipinski definition) is 3. The summed E-state index contributed by atoms with van der Waals surface area (Å²) in [5.74, 6) is -0.237. The average molecular weight is 375 g/mol. The van der Waals surface area contributed by atoms with E-state index in [1.54, 1.807) is 31.4 Å². The molecule has 0 atom stereocenters. The van der Waals surface area contributed by atoms with Crippen molar-refractivity contribution in [3.05, 3.63) is 64.7 Å². The molecule has 0 heterocycles. The molecule has 0 aliphatic rings. The number of amides is 2. The molecule has 2 aromatic carbocycles. The molecule has 2 amide bonds. The Bertz CT molecular complexity index is 732. The number of methoxy groups -OCH3 is 1. The lowest BCUT2D eigenvalue weighted by Crippen LogP contribution is -2.25. The quantitative estimate of drug-likeness (QED) is 0.658. The third kappa shape index (κ3) is 6.50. The number of nitrogens with one attached hydrogen (secondary N) is 2. The third-order valence-corrected chi connectivity index (χ3v) is 4.19. The summed E-state index contributed by atoms with van der Waals surface area (Å²) in [6, 6.07) is 14.3. The first-order valence-corrected chi connectivity index (χ1v) is 8.88. The van der Waals surface area contributed by atoms with Gasteiger partial charge in [0.25, 0.3) is 5.91 Å². The minimum absolute atomic E-state index is 0.0957. The highest BCUT2D eigenvalue weighted by Gasteiger charge is 2.07. The number of hydrogen-bond donors (Lipinski definition) is 2. The Labute approximate surface area is 158 Å². The van der Waals surface area contributed by atoms with Crippen molar-refractivity contribution in [3.8, 4) is 0 Å². The van der Waals surface area contributed by atoms with Crippen LogP contribution in [0, 0.1) is 0 Å². The molecule has 6 heteroatoms. The zero-order valence-electron chi connectivity index (χ0n) is 14.8. The Morgan fingerprint density at radius 1 is 1.08 bits per heavy atom. The van der Waals surface area contributed by atoms with E-state index in [2.05, 4.69) is 10.6 Å². The van der Waals surface area contributed by atoms with E-state index in [4.69, 9.17) is 16.3 Å². The first-order chi connectivity index (χ1) is 12.6. The second-order valence-corrected chi connectivity index (χ2v) is 6.23. The Hall–Kier alpha value is -2.37. The van der Waals surface area contributed by atoms with Crippen molar-refractivity contribution in [2.45, 2.75) is 19.3 Å². The molecule has 0 aliphatic heterocycles. The maximum Gasteiger partial charge on any atom is 0.251 e. The maximum atomic E-state index is 12.1. The van der Waals surface area contributed by atoms with Crippen molar-refractivity contribution in [1.82, 2.24) is 5.32 Å². The smallest absolute Gasteiger partial charge is 0.251 e. The van der Waals surface area contributed by atoms with Crippen molar-refractivity contribution < 1.29 is 14.3 Å². The number of aryl methyl sites for hydroxylation is 1. The molecule has 0 unspecified atom stereocenters. The van der Waals surface area contributed by atoms with Crippen LogP contribution in [-0.2, 0) is 16.0 Å². The average Bonchev–Trinajstić information content (AvgIpc) is 2.65. The Kier molecular flexibility index (Phi) is 8.12. The maximum absolute atomic E-state index is 12.1. The van der Waals surface area contributed by atoms with E-state index in [0.29, 0.717) is 42.3 Å². The second kappa shape index (κ2) is 10.6. The molecule has 0 aromatic heterocycles. The number of carbonyl (C=O) groups is 2. The monoisotopic (exact) mass is 374 g/mol. The van der Waals surface area contributed by atoms with E-state index < -0.39 is 0 Å². The zero-order chi connectivity index (χ0) is 18.8. The fourth-order valence-corrected chi connectivity index (χ4v) is 2.63. The fourth-order valence-electron chi connectivity index (χ4n) is 2.40. The Morgan fingerprint density at radius 2 is 1.81 bits per heavy atom. The van der Waals surface area contributed by atoms with Crippen LogP contribution in [0.2, 0.25) is 5.02 Å². The molecule has 0 radical (unpaired) electrons. The lowest BCUT2D eigenvalue weighted by molar-refractivity contribution is -0.116. The van der Waals surface area contributed by atoms with E-state index in [0.717, 1.165) is 12.0 Å². The van der Waals surface area contributed by atoms with E-state index in [-0.39, 0.29) is 11.8 Å². The summed E-state index contributed by atoms with van der Waals surface area (Å²) in [5, 5.41) is 6.31. The zero-order valence-corrected chi connectivity index (χ0v) is 15.5. The minimum atomic E-state index is -0.141. The summed E-state index contributed by atoms with van der Waals surface area (Å²) in [5.41, 5.74) is 2.16. The third-order valence-electron chi connectivity index (χ3n) is 3.82. The van der Waals surface area contributed by atoms with Gasteiger partial charge in [0.05, 0.1) is 0 Å². The molecular formula is C20H23ClN2O3. The largest absolute Gasteiger partial charge is 0.385 e. The molecule has 26 heavy (non-hydrogen) atoms. The summed E-state index contributed by atoms with van der Waals surface area (Å²) >= 11 is 6.09. The number of ether oxygens (including phenoxy) is 1. The lowest BCUT2D eigenvalue weighted by atomic mass is 10.1. The van der Waals surface area contributed by atoms with E-state index in [9.17, 15) is 9.59 Å². The van der Waals surface area contributed by atoms with Gasteiger partial charge in [0, 0.05) is 43.0 Å². The molecule has 2 N–H and O–H groups in total. The summed E-state index contributed by atoms with van der Waals surface area (Å²) in [4.78, 5) is 24.1. The molecular weight excluding hydrogens is 352 g/mol. The number of rotatable bonds is 9. The number of carbonyl (C=O) groups excluding carboxylic acids is 2. The summed E-state index contributed by atoms with van der Waals surface area (Å²) in [6.07, 6.45) is 1.68. The molecule has 0 fully saturated rings. The number of halogens is 1. The molecule has 0 bridgehead atoms. The highest BCUT2D eigenvalue weighted by molar-refractivity contribution is 6.31. The van der Waals surface area contributed by atoms with E-state index in [1.165, 1.54) is 0 Å². The van der Waals surface area contributed by atoms with Crippen LogP contribution in [0.15, 0.2) is 48.5 Å². The van der Waals surface area contributed by atoms with Crippen LogP contribution in [0.4, 0.5) is 5.69 Å². The van der Waals surface area contributed by atoms with Crippen LogP contribution in [0.1, 0.15) is 28.8 Å². The molecule has 0 aliphatic carbocycles. The van der Waals surface area contributed by atoms with Gasteiger partial charge < -0.3 is 15.4 Å². The van der Waals surface area contributed by atoms with Crippen LogP contribution < -0.4 is 10.6 Å². The van der Waals surface area contributed by atoms with Crippen molar-refractivity contribution in [2.75, 3.05) is 25.6 Å². The number of benzene rings is 2. The predicted molar refractivity (Wildman–Crippen MR) is 104 cm³/mol. The SMILES string of the molecule is COCCCNC(=O)c1ccc(NC(=O)CCc2ccccc2Cl)cc1. The van der Waals surface area contributed by atoms with Gasteiger partial charge in [0.15, 0.2) is 0 Å². The lowest BCUT2D eigenvalue weighted by Gasteiger charge is -2.08. The first-order valence-electron chi connectivity index (χ1n) is 8.50. The van der Waals surface area contributed by atoms with E-state index >= 15 is 0 Å². The highest BCUT2D eigenvalue weighted by atomic mass is 35.5. The number of anilines is 1. The molecule has 2 rings (SSSR count). The molecule has 0 saturated heterocycles. The van der Waals surface area contributed by atoms with Gasteiger partial charge in [0.2, 0.25) is 5.91 Å². The van der Waals surface area contributed by atoms with Crippen molar-refractivity contribution in [2.24, 2.45) is 0 Å². The summed E-state index contributed by atoms with van der Waals surface area (Å²) in [6.45, 7) is 1.17. The van der Waals surface area contributed by atoms with Crippen LogP contribution >= 0.6 is 11.6 Å². The van der Waals surface area contributed by atoms with Gasteiger partial charge >= 0.3 is 0 Å². The van der Waals surface area contributed by atoms with Gasteiger partial charge in [-0.05, 0) is 48.7 Å². The molecule has 5 nitrogen and oxygen atoms in total. The van der Waals surface area contributed by atoms with Crippen LogP contribution in [0.3, 0.4) is 0 Å². The fraction of sp³-hybridized carbons (Fsp3) is 0.300. The summed E-state index contributed by atoms with van der Waals surface area (Å²) < 4.78 is 4.94. The summed E-state index contributed by atoms with van der Waals surface area (Å²) in [7, 11) is 1.63.